The van der Waals surface area contributed by atoms with Gasteiger partial charge in [0.05, 0.1) is 0 Å². The summed E-state index contributed by atoms with van der Waals surface area (Å²) in [6.45, 7) is 2.09. The molecule has 3 heteroatoms. The third-order valence-corrected chi connectivity index (χ3v) is 3.65. The zero-order valence-corrected chi connectivity index (χ0v) is 9.71. The number of rotatable bonds is 0. The van der Waals surface area contributed by atoms with Crippen LogP contribution in [0, 0.1) is 6.92 Å². The Kier molecular flexibility index (Phi) is 2.01. The van der Waals surface area contributed by atoms with Crippen LogP contribution in [0.5, 0.6) is 0 Å². The quantitative estimate of drug-likeness (QED) is 0.362. The van der Waals surface area contributed by atoms with Gasteiger partial charge in [0.1, 0.15) is 11.0 Å². The van der Waals surface area contributed by atoms with Crippen molar-refractivity contribution in [1.82, 2.24) is 4.98 Å². The van der Waals surface area contributed by atoms with E-state index in [4.69, 9.17) is 5.73 Å². The Hall–Kier alpha value is -1.74. The maximum absolute atomic E-state index is 5.78. The summed E-state index contributed by atoms with van der Waals surface area (Å²) in [7, 11) is 0. The predicted molar refractivity (Wildman–Crippen MR) is 70.7 cm³/mol. The van der Waals surface area contributed by atoms with E-state index in [9.17, 15) is 0 Å². The van der Waals surface area contributed by atoms with Crippen molar-refractivity contribution in [3.05, 3.63) is 42.0 Å². The molecule has 1 heterocycles. The Morgan fingerprint density at radius 1 is 1.00 bits per heavy atom. The van der Waals surface area contributed by atoms with E-state index in [1.807, 2.05) is 18.2 Å². The normalized spacial score (nSPS) is 11.1. The summed E-state index contributed by atoms with van der Waals surface area (Å²) < 4.78 is 2.34. The van der Waals surface area contributed by atoms with Crippen molar-refractivity contribution in [3.63, 3.8) is 0 Å². The van der Waals surface area contributed by atoms with Crippen LogP contribution in [0.2, 0.25) is 0 Å². The van der Waals surface area contributed by atoms with Gasteiger partial charge >= 0.3 is 0 Å². The molecule has 2 nitrogen and oxygen atoms in total. The molecule has 0 aliphatic rings. The minimum atomic E-state index is 0.789. The molecule has 3 rings (SSSR count). The number of benzene rings is 2. The van der Waals surface area contributed by atoms with Gasteiger partial charge in [0.15, 0.2) is 0 Å². The van der Waals surface area contributed by atoms with E-state index < -0.39 is 0 Å². The molecule has 0 spiro atoms. The maximum atomic E-state index is 5.78. The second-order valence-electron chi connectivity index (χ2n) is 3.91. The summed E-state index contributed by atoms with van der Waals surface area (Å²) in [5.74, 6) is 0. The molecule has 0 atom stereocenters. The maximum Gasteiger partial charge on any atom is 0.259 e. The average molecular weight is 227 g/mol. The molecular weight excluding hydrogens is 216 g/mol. The molecule has 16 heavy (non-hydrogen) atoms. The van der Waals surface area contributed by atoms with E-state index in [0.29, 0.717) is 0 Å². The van der Waals surface area contributed by atoms with Gasteiger partial charge in [0, 0.05) is 17.8 Å². The first-order valence-electron chi connectivity index (χ1n) is 5.12. The number of aryl methyl sites for hydroxylation is 1. The summed E-state index contributed by atoms with van der Waals surface area (Å²) in [6.07, 6.45) is 0. The van der Waals surface area contributed by atoms with Crippen LogP contribution >= 0.6 is 11.3 Å². The number of fused-ring (bicyclic) bond motifs is 2. The van der Waals surface area contributed by atoms with Gasteiger partial charge in [-0.3, -0.25) is 0 Å². The van der Waals surface area contributed by atoms with Crippen molar-refractivity contribution in [1.29, 1.82) is 0 Å². The zero-order valence-electron chi connectivity index (χ0n) is 8.90. The molecule has 0 unspecified atom stereocenters. The molecule has 3 aromatic rings. The van der Waals surface area contributed by atoms with Crippen LogP contribution in [0.1, 0.15) is 5.56 Å². The lowest BCUT2D eigenvalue weighted by atomic mass is 10.2. The topological polar surface area (TPSA) is 38.9 Å². The van der Waals surface area contributed by atoms with Crippen LogP contribution in [0.3, 0.4) is 0 Å². The Morgan fingerprint density at radius 3 is 2.50 bits per heavy atom. The molecule has 0 aliphatic heterocycles. The van der Waals surface area contributed by atoms with Crippen molar-refractivity contribution < 1.29 is 0 Å². The lowest BCUT2D eigenvalue weighted by molar-refractivity contribution is 1.47. The number of aromatic nitrogens is 1. The molecule has 78 valence electrons. The van der Waals surface area contributed by atoms with Crippen LogP contribution in [0.4, 0.5) is 5.69 Å². The third-order valence-electron chi connectivity index (χ3n) is 2.56. The van der Waals surface area contributed by atoms with Crippen LogP contribution in [0.25, 0.3) is 20.4 Å². The molecule has 1 aromatic heterocycles. The largest absolute Gasteiger partial charge is 0.399 e. The number of hydrogen-bond donors (Lipinski definition) is 1. The van der Waals surface area contributed by atoms with E-state index in [0.717, 1.165) is 21.4 Å². The van der Waals surface area contributed by atoms with Crippen LogP contribution in [-0.4, -0.2) is 4.98 Å². The number of nitrogens with two attached hydrogens (primary N) is 1. The number of hydrogen-bond acceptors (Lipinski definition) is 2. The monoisotopic (exact) mass is 227 g/mol. The van der Waals surface area contributed by atoms with Crippen molar-refractivity contribution in [2.24, 2.45) is 0 Å². The molecule has 0 saturated carbocycles. The van der Waals surface area contributed by atoms with E-state index in [1.54, 1.807) is 11.3 Å². The first-order valence-corrected chi connectivity index (χ1v) is 5.94. The van der Waals surface area contributed by atoms with Gasteiger partial charge in [0.25, 0.3) is 9.40 Å². The minimum Gasteiger partial charge on any atom is -0.399 e. The number of nitrogens with zero attached hydrogens (tertiary/aromatic N) is 1. The fourth-order valence-corrected chi connectivity index (χ4v) is 2.86. The van der Waals surface area contributed by atoms with E-state index >= 15 is 0 Å². The number of nitrogen functional groups attached to an aromatic ring is 1. The van der Waals surface area contributed by atoms with Gasteiger partial charge in [-0.15, -0.1) is 0 Å². The van der Waals surface area contributed by atoms with E-state index in [-0.39, 0.29) is 0 Å². The van der Waals surface area contributed by atoms with E-state index in [2.05, 4.69) is 30.1 Å². The van der Waals surface area contributed by atoms with Crippen LogP contribution < -0.4 is 5.73 Å². The highest BCUT2D eigenvalue weighted by Crippen LogP contribution is 2.27. The SMILES string of the molecule is Cc1ccc2nc3ccc(N)cc3[s+]c2c1. The van der Waals surface area contributed by atoms with Gasteiger partial charge in [-0.1, -0.05) is 6.07 Å². The molecule has 0 saturated heterocycles. The van der Waals surface area contributed by atoms with Crippen LogP contribution in [-0.2, 0) is 0 Å². The molecule has 2 aromatic carbocycles. The lowest BCUT2D eigenvalue weighted by Gasteiger charge is -1.94. The van der Waals surface area contributed by atoms with Gasteiger partial charge in [-0.2, -0.15) is 0 Å². The molecule has 0 bridgehead atoms. The van der Waals surface area contributed by atoms with Gasteiger partial charge in [-0.25, -0.2) is 4.98 Å². The van der Waals surface area contributed by atoms with Gasteiger partial charge < -0.3 is 5.73 Å². The van der Waals surface area contributed by atoms with Gasteiger partial charge in [0.2, 0.25) is 11.3 Å². The van der Waals surface area contributed by atoms with Crippen molar-refractivity contribution in [3.8, 4) is 0 Å². The highest BCUT2D eigenvalue weighted by molar-refractivity contribution is 7.24. The summed E-state index contributed by atoms with van der Waals surface area (Å²) in [4.78, 5) is 4.61. The zero-order chi connectivity index (χ0) is 11.1. The average Bonchev–Trinajstić information content (AvgIpc) is 2.26. The summed E-state index contributed by atoms with van der Waals surface area (Å²) >= 11 is 1.74. The van der Waals surface area contributed by atoms with Crippen molar-refractivity contribution >= 4 is 37.5 Å². The molecule has 2 N–H and O–H groups in total. The third kappa shape index (κ3) is 1.49. The standard InChI is InChI=1S/C13H11N2S/c1-8-2-4-10-12(6-8)16-13-7-9(14)3-5-11(13)15-10/h2-7H,14H2,1H3/q+1. The highest BCUT2D eigenvalue weighted by atomic mass is 32.1. The summed E-state index contributed by atoms with van der Waals surface area (Å²) in [5, 5.41) is 0. The van der Waals surface area contributed by atoms with Crippen molar-refractivity contribution in [2.75, 3.05) is 5.73 Å². The molecule has 0 fully saturated rings. The van der Waals surface area contributed by atoms with Crippen molar-refractivity contribution in [2.45, 2.75) is 6.92 Å². The Balaban J connectivity index is 2.44. The van der Waals surface area contributed by atoms with E-state index in [1.165, 1.54) is 10.3 Å². The predicted octanol–water partition coefficient (Wildman–Crippen LogP) is 3.62. The Bertz CT molecular complexity index is 635. The lowest BCUT2D eigenvalue weighted by Crippen LogP contribution is -1.85. The highest BCUT2D eigenvalue weighted by Gasteiger charge is 2.12. The minimum absolute atomic E-state index is 0.789. The fraction of sp³-hybridized carbons (Fsp3) is 0.0769. The molecular formula is C13H11N2S+. The number of anilines is 1. The second kappa shape index (κ2) is 3.39. The van der Waals surface area contributed by atoms with Crippen LogP contribution in [0.15, 0.2) is 36.4 Å². The summed E-state index contributed by atoms with van der Waals surface area (Å²) in [6, 6.07) is 12.2. The van der Waals surface area contributed by atoms with Gasteiger partial charge in [-0.05, 0) is 30.7 Å². The Labute approximate surface area is 97.4 Å². The fourth-order valence-electron chi connectivity index (χ4n) is 1.75. The second-order valence-corrected chi connectivity index (χ2v) is 5.00. The first kappa shape index (κ1) is 9.48. The summed E-state index contributed by atoms with van der Waals surface area (Å²) in [5.41, 5.74) is 9.88. The smallest absolute Gasteiger partial charge is 0.259 e. The molecule has 0 aliphatic carbocycles. The first-order chi connectivity index (χ1) is 7.72. The molecule has 0 amide bonds. The molecule has 0 radical (unpaired) electrons. The Morgan fingerprint density at radius 2 is 1.69 bits per heavy atom.